The Labute approximate surface area is 168 Å². The number of anilines is 1. The Hall–Kier alpha value is -2.98. The summed E-state index contributed by atoms with van der Waals surface area (Å²) in [6.45, 7) is 4.77. The van der Waals surface area contributed by atoms with Crippen molar-refractivity contribution in [3.8, 4) is 0 Å². The van der Waals surface area contributed by atoms with E-state index in [0.717, 1.165) is 5.56 Å². The molecule has 0 bridgehead atoms. The zero-order chi connectivity index (χ0) is 21.2. The van der Waals surface area contributed by atoms with Crippen molar-refractivity contribution in [3.63, 3.8) is 0 Å². The average Bonchev–Trinajstić information content (AvgIpc) is 2.69. The first-order valence-electron chi connectivity index (χ1n) is 8.94. The van der Waals surface area contributed by atoms with Crippen molar-refractivity contribution in [2.24, 2.45) is 0 Å². The van der Waals surface area contributed by atoms with Crippen molar-refractivity contribution >= 4 is 27.3 Å². The van der Waals surface area contributed by atoms with Gasteiger partial charge in [0.2, 0.25) is 0 Å². The van der Waals surface area contributed by atoms with Gasteiger partial charge in [-0.1, -0.05) is 17.7 Å². The Morgan fingerprint density at radius 2 is 1.76 bits per heavy atom. The van der Waals surface area contributed by atoms with Crippen LogP contribution in [0.4, 0.5) is 11.4 Å². The fourth-order valence-electron chi connectivity index (χ4n) is 2.99. The molecule has 3 rings (SSSR count). The summed E-state index contributed by atoms with van der Waals surface area (Å²) in [4.78, 5) is 25.2. The lowest BCUT2D eigenvalue weighted by Crippen LogP contribution is -2.40. The molecular formula is C19H21N3O6S. The lowest BCUT2D eigenvalue weighted by atomic mass is 10.1. The number of morpholine rings is 1. The van der Waals surface area contributed by atoms with Crippen molar-refractivity contribution in [1.29, 1.82) is 0 Å². The van der Waals surface area contributed by atoms with E-state index in [1.807, 2.05) is 6.92 Å². The number of aryl methyl sites for hydroxylation is 1. The lowest BCUT2D eigenvalue weighted by Gasteiger charge is -2.27. The molecule has 0 spiro atoms. The number of nitrogens with zero attached hydrogens (tertiary/aromatic N) is 2. The molecule has 1 aliphatic heterocycles. The molecule has 1 N–H and O–H groups in total. The van der Waals surface area contributed by atoms with E-state index in [0.29, 0.717) is 26.3 Å². The van der Waals surface area contributed by atoms with Crippen molar-refractivity contribution in [3.05, 3.63) is 63.2 Å². The zero-order valence-corrected chi connectivity index (χ0v) is 16.9. The second-order valence-corrected chi connectivity index (χ2v) is 8.43. The molecule has 0 saturated carbocycles. The van der Waals surface area contributed by atoms with Crippen LogP contribution in [-0.4, -0.2) is 50.5 Å². The summed E-state index contributed by atoms with van der Waals surface area (Å²) in [5.41, 5.74) is 0.742. The maximum Gasteiger partial charge on any atom is 0.275 e. The molecule has 0 unspecified atom stereocenters. The van der Waals surface area contributed by atoms with Gasteiger partial charge in [0.1, 0.15) is 0 Å². The molecule has 9 nitrogen and oxygen atoms in total. The number of amides is 1. The van der Waals surface area contributed by atoms with Gasteiger partial charge in [0.05, 0.1) is 34.3 Å². The minimum Gasteiger partial charge on any atom is -0.378 e. The highest BCUT2D eigenvalue weighted by molar-refractivity contribution is 7.92. The summed E-state index contributed by atoms with van der Waals surface area (Å²) >= 11 is 0. The number of ether oxygens (including phenoxy) is 1. The average molecular weight is 419 g/mol. The second kappa shape index (κ2) is 8.18. The SMILES string of the molecule is Cc1ccc(S(=O)(=O)Nc2cc(C(=O)N3CCOCC3)cc([N+](=O)[O-])c2C)cc1. The number of rotatable bonds is 5. The fourth-order valence-corrected chi connectivity index (χ4v) is 4.10. The molecule has 1 amide bonds. The minimum atomic E-state index is -3.98. The number of sulfonamides is 1. The molecule has 2 aromatic rings. The third-order valence-corrected chi connectivity index (χ3v) is 6.08. The summed E-state index contributed by atoms with van der Waals surface area (Å²) in [7, 11) is -3.98. The van der Waals surface area contributed by atoms with Gasteiger partial charge in [0.25, 0.3) is 21.6 Å². The molecule has 154 valence electrons. The van der Waals surface area contributed by atoms with E-state index >= 15 is 0 Å². The number of carbonyl (C=O) groups is 1. The topological polar surface area (TPSA) is 119 Å². The molecule has 0 radical (unpaired) electrons. The summed E-state index contributed by atoms with van der Waals surface area (Å²) in [5, 5.41) is 11.5. The van der Waals surface area contributed by atoms with Gasteiger partial charge in [-0.15, -0.1) is 0 Å². The minimum absolute atomic E-state index is 0.00335. The van der Waals surface area contributed by atoms with E-state index in [1.165, 1.54) is 36.1 Å². The normalized spacial score (nSPS) is 14.5. The second-order valence-electron chi connectivity index (χ2n) is 6.75. The van der Waals surface area contributed by atoms with Crippen molar-refractivity contribution in [2.45, 2.75) is 18.7 Å². The van der Waals surface area contributed by atoms with Gasteiger partial charge in [-0.3, -0.25) is 19.6 Å². The summed E-state index contributed by atoms with van der Waals surface area (Å²) in [5.74, 6) is -0.410. The van der Waals surface area contributed by atoms with Crippen molar-refractivity contribution < 1.29 is 22.9 Å². The van der Waals surface area contributed by atoms with Crippen LogP contribution in [0, 0.1) is 24.0 Å². The number of nitro benzene ring substituents is 1. The van der Waals surface area contributed by atoms with Crippen molar-refractivity contribution in [1.82, 2.24) is 4.90 Å². The smallest absolute Gasteiger partial charge is 0.275 e. The highest BCUT2D eigenvalue weighted by atomic mass is 32.2. The molecule has 0 aromatic heterocycles. The predicted octanol–water partition coefficient (Wildman–Crippen LogP) is 2.48. The van der Waals surface area contributed by atoms with Gasteiger partial charge < -0.3 is 9.64 Å². The van der Waals surface area contributed by atoms with Crippen molar-refractivity contribution in [2.75, 3.05) is 31.0 Å². The van der Waals surface area contributed by atoms with Crippen LogP contribution in [-0.2, 0) is 14.8 Å². The van der Waals surface area contributed by atoms with Crippen LogP contribution in [0.3, 0.4) is 0 Å². The maximum absolute atomic E-state index is 12.8. The highest BCUT2D eigenvalue weighted by Crippen LogP contribution is 2.30. The Morgan fingerprint density at radius 3 is 2.34 bits per heavy atom. The van der Waals surface area contributed by atoms with E-state index in [2.05, 4.69) is 4.72 Å². The number of nitrogens with one attached hydrogen (secondary N) is 1. The largest absolute Gasteiger partial charge is 0.378 e. The van der Waals surface area contributed by atoms with Crippen LogP contribution in [0.1, 0.15) is 21.5 Å². The molecular weight excluding hydrogens is 398 g/mol. The third kappa shape index (κ3) is 4.54. The van der Waals surface area contributed by atoms with E-state index in [9.17, 15) is 23.3 Å². The standard InChI is InChI=1S/C19H21N3O6S/c1-13-3-5-16(6-4-13)29(26,27)20-17-11-15(12-18(14(17)2)22(24)25)19(23)21-7-9-28-10-8-21/h3-6,11-12,20H,7-10H2,1-2H3. The fraction of sp³-hybridized carbons (Fsp3) is 0.316. The molecule has 1 saturated heterocycles. The van der Waals surface area contributed by atoms with Gasteiger partial charge in [0, 0.05) is 24.7 Å². The van der Waals surface area contributed by atoms with Gasteiger partial charge in [-0.2, -0.15) is 0 Å². The monoisotopic (exact) mass is 419 g/mol. The summed E-state index contributed by atoms with van der Waals surface area (Å²) in [6.07, 6.45) is 0. The quantitative estimate of drug-likeness (QED) is 0.587. The third-order valence-electron chi connectivity index (χ3n) is 4.70. The molecule has 1 heterocycles. The van der Waals surface area contributed by atoms with E-state index in [-0.39, 0.29) is 27.4 Å². The Balaban J connectivity index is 2.01. The number of hydrogen-bond acceptors (Lipinski definition) is 6. The van der Waals surface area contributed by atoms with Crippen LogP contribution in [0.2, 0.25) is 0 Å². The van der Waals surface area contributed by atoms with Crippen LogP contribution in [0.5, 0.6) is 0 Å². The molecule has 1 aliphatic rings. The van der Waals surface area contributed by atoms with E-state index in [1.54, 1.807) is 12.1 Å². The number of nitro groups is 1. The molecule has 2 aromatic carbocycles. The number of hydrogen-bond donors (Lipinski definition) is 1. The van der Waals surface area contributed by atoms with Gasteiger partial charge in [-0.05, 0) is 32.0 Å². The van der Waals surface area contributed by atoms with Crippen LogP contribution >= 0.6 is 0 Å². The summed E-state index contributed by atoms with van der Waals surface area (Å²) < 4.78 is 33.1. The first kappa shape index (κ1) is 20.7. The van der Waals surface area contributed by atoms with E-state index < -0.39 is 20.9 Å². The Kier molecular flexibility index (Phi) is 5.85. The summed E-state index contributed by atoms with van der Waals surface area (Å²) in [6, 6.07) is 8.72. The zero-order valence-electron chi connectivity index (χ0n) is 16.0. The molecule has 29 heavy (non-hydrogen) atoms. The number of benzene rings is 2. The maximum atomic E-state index is 12.8. The van der Waals surface area contributed by atoms with Gasteiger partial charge in [0.15, 0.2) is 0 Å². The number of carbonyl (C=O) groups excluding carboxylic acids is 1. The molecule has 0 atom stereocenters. The first-order valence-corrected chi connectivity index (χ1v) is 10.4. The van der Waals surface area contributed by atoms with E-state index in [4.69, 9.17) is 4.74 Å². The van der Waals surface area contributed by atoms with Gasteiger partial charge in [-0.25, -0.2) is 8.42 Å². The first-order chi connectivity index (χ1) is 13.7. The highest BCUT2D eigenvalue weighted by Gasteiger charge is 2.26. The van der Waals surface area contributed by atoms with Crippen LogP contribution in [0.25, 0.3) is 0 Å². The Bertz CT molecular complexity index is 1040. The van der Waals surface area contributed by atoms with Crippen LogP contribution in [0.15, 0.2) is 41.3 Å². The predicted molar refractivity (Wildman–Crippen MR) is 107 cm³/mol. The molecule has 1 fully saturated rings. The van der Waals surface area contributed by atoms with Crippen LogP contribution < -0.4 is 4.72 Å². The van der Waals surface area contributed by atoms with Gasteiger partial charge >= 0.3 is 0 Å². The molecule has 0 aliphatic carbocycles. The Morgan fingerprint density at radius 1 is 1.14 bits per heavy atom. The lowest BCUT2D eigenvalue weighted by molar-refractivity contribution is -0.385. The molecule has 10 heteroatoms.